The molecule has 4 nitrogen and oxygen atoms in total. The molecule has 0 aliphatic heterocycles. The molecule has 0 aromatic carbocycles. The van der Waals surface area contributed by atoms with E-state index in [0.29, 0.717) is 18.6 Å². The molecule has 0 saturated heterocycles. The molecule has 0 rings (SSSR count). The molecule has 0 aromatic rings. The summed E-state index contributed by atoms with van der Waals surface area (Å²) in [5, 5.41) is 6.66. The van der Waals surface area contributed by atoms with E-state index in [-0.39, 0.29) is 6.04 Å². The lowest BCUT2D eigenvalue weighted by atomic mass is 10.2. The Morgan fingerprint density at radius 1 is 1.00 bits per heavy atom. The Kier molecular flexibility index (Phi) is 7.17. The summed E-state index contributed by atoms with van der Waals surface area (Å²) < 4.78 is 0. The minimum Gasteiger partial charge on any atom is -0.329 e. The Bertz CT molecular complexity index is 116. The van der Waals surface area contributed by atoms with Crippen molar-refractivity contribution in [2.75, 3.05) is 19.6 Å². The van der Waals surface area contributed by atoms with Gasteiger partial charge >= 0.3 is 0 Å². The van der Waals surface area contributed by atoms with Gasteiger partial charge in [-0.25, -0.2) is 0 Å². The highest BCUT2D eigenvalue weighted by atomic mass is 15.0. The SMILES string of the molecule is C[C@H](N)CN[C@@H](C)CN[C@@H](C)CN. The monoisotopic (exact) mass is 188 g/mol. The molecule has 0 amide bonds. The van der Waals surface area contributed by atoms with Crippen LogP contribution in [0.25, 0.3) is 0 Å². The molecule has 0 spiro atoms. The van der Waals surface area contributed by atoms with Crippen LogP contribution < -0.4 is 22.1 Å². The second-order valence-corrected chi connectivity index (χ2v) is 3.83. The van der Waals surface area contributed by atoms with Crippen molar-refractivity contribution in [1.29, 1.82) is 0 Å². The predicted molar refractivity (Wildman–Crippen MR) is 57.6 cm³/mol. The minimum absolute atomic E-state index is 0.217. The fraction of sp³-hybridized carbons (Fsp3) is 1.00. The van der Waals surface area contributed by atoms with Gasteiger partial charge in [-0.2, -0.15) is 0 Å². The normalized spacial score (nSPS) is 18.2. The second-order valence-electron chi connectivity index (χ2n) is 3.83. The van der Waals surface area contributed by atoms with Gasteiger partial charge in [-0.05, 0) is 20.8 Å². The van der Waals surface area contributed by atoms with Gasteiger partial charge in [0.25, 0.3) is 0 Å². The molecule has 0 bridgehead atoms. The van der Waals surface area contributed by atoms with E-state index in [1.54, 1.807) is 0 Å². The third kappa shape index (κ3) is 8.18. The molecule has 13 heavy (non-hydrogen) atoms. The first-order valence-corrected chi connectivity index (χ1v) is 4.98. The van der Waals surface area contributed by atoms with Gasteiger partial charge in [0.1, 0.15) is 0 Å². The summed E-state index contributed by atoms with van der Waals surface area (Å²) >= 11 is 0. The maximum absolute atomic E-state index is 5.62. The molecule has 0 aliphatic carbocycles. The van der Waals surface area contributed by atoms with Crippen LogP contribution in [0.15, 0.2) is 0 Å². The van der Waals surface area contributed by atoms with E-state index in [1.165, 1.54) is 0 Å². The molecule has 80 valence electrons. The quantitative estimate of drug-likeness (QED) is 0.424. The van der Waals surface area contributed by atoms with Crippen LogP contribution in [0.5, 0.6) is 0 Å². The number of nitrogens with two attached hydrogens (primary N) is 2. The van der Waals surface area contributed by atoms with E-state index in [4.69, 9.17) is 11.5 Å². The van der Waals surface area contributed by atoms with E-state index in [9.17, 15) is 0 Å². The number of nitrogens with one attached hydrogen (secondary N) is 2. The summed E-state index contributed by atoms with van der Waals surface area (Å²) in [6.45, 7) is 8.69. The largest absolute Gasteiger partial charge is 0.329 e. The zero-order valence-electron chi connectivity index (χ0n) is 9.01. The lowest BCUT2D eigenvalue weighted by Gasteiger charge is -2.18. The average molecular weight is 188 g/mol. The van der Waals surface area contributed by atoms with Gasteiger partial charge in [0.05, 0.1) is 0 Å². The predicted octanol–water partition coefficient (Wildman–Crippen LogP) is -0.751. The van der Waals surface area contributed by atoms with Crippen molar-refractivity contribution < 1.29 is 0 Å². The molecule has 0 unspecified atom stereocenters. The standard InChI is InChI=1S/C9H24N4/c1-7(11)5-12-9(3)6-13-8(2)4-10/h7-9,12-13H,4-6,10-11H2,1-3H3/t7-,8-,9-/m0/s1. The minimum atomic E-state index is 0.217. The Balaban J connectivity index is 3.34. The van der Waals surface area contributed by atoms with Crippen LogP contribution >= 0.6 is 0 Å². The number of rotatable bonds is 7. The zero-order chi connectivity index (χ0) is 10.3. The lowest BCUT2D eigenvalue weighted by molar-refractivity contribution is 0.453. The molecule has 0 aliphatic rings. The van der Waals surface area contributed by atoms with Gasteiger partial charge in [0.2, 0.25) is 0 Å². The zero-order valence-corrected chi connectivity index (χ0v) is 9.01. The topological polar surface area (TPSA) is 76.1 Å². The Morgan fingerprint density at radius 2 is 1.54 bits per heavy atom. The molecule has 6 N–H and O–H groups in total. The van der Waals surface area contributed by atoms with Crippen molar-refractivity contribution in [3.05, 3.63) is 0 Å². The first-order valence-electron chi connectivity index (χ1n) is 4.98. The van der Waals surface area contributed by atoms with Gasteiger partial charge < -0.3 is 22.1 Å². The molecular weight excluding hydrogens is 164 g/mol. The van der Waals surface area contributed by atoms with Gasteiger partial charge in [0.15, 0.2) is 0 Å². The highest BCUT2D eigenvalue weighted by molar-refractivity contribution is 4.70. The van der Waals surface area contributed by atoms with Gasteiger partial charge in [0, 0.05) is 37.8 Å². The Hall–Kier alpha value is -0.160. The Labute approximate surface area is 81.4 Å². The molecular formula is C9H24N4. The summed E-state index contributed by atoms with van der Waals surface area (Å²) in [4.78, 5) is 0. The van der Waals surface area contributed by atoms with E-state index in [1.807, 2.05) is 6.92 Å². The highest BCUT2D eigenvalue weighted by Crippen LogP contribution is 1.82. The van der Waals surface area contributed by atoms with Gasteiger partial charge in [-0.15, -0.1) is 0 Å². The van der Waals surface area contributed by atoms with Crippen molar-refractivity contribution >= 4 is 0 Å². The van der Waals surface area contributed by atoms with Crippen molar-refractivity contribution in [3.63, 3.8) is 0 Å². The molecule has 4 heteroatoms. The van der Waals surface area contributed by atoms with E-state index < -0.39 is 0 Å². The molecule has 3 atom stereocenters. The molecule has 0 fully saturated rings. The van der Waals surface area contributed by atoms with Crippen LogP contribution in [0, 0.1) is 0 Å². The summed E-state index contributed by atoms with van der Waals surface area (Å²) in [5.74, 6) is 0. The molecule has 0 radical (unpaired) electrons. The maximum Gasteiger partial charge on any atom is 0.0164 e. The third-order valence-corrected chi connectivity index (χ3v) is 1.91. The van der Waals surface area contributed by atoms with E-state index in [2.05, 4.69) is 24.5 Å². The average Bonchev–Trinajstić information content (AvgIpc) is 2.10. The van der Waals surface area contributed by atoms with Crippen LogP contribution in [0.4, 0.5) is 0 Å². The van der Waals surface area contributed by atoms with Gasteiger partial charge in [-0.1, -0.05) is 0 Å². The smallest absolute Gasteiger partial charge is 0.0164 e. The molecule has 0 aromatic heterocycles. The summed E-state index contributed by atoms with van der Waals surface area (Å²) in [6, 6.07) is 1.05. The maximum atomic E-state index is 5.62. The fourth-order valence-electron chi connectivity index (χ4n) is 0.921. The van der Waals surface area contributed by atoms with Crippen molar-refractivity contribution in [1.82, 2.24) is 10.6 Å². The Morgan fingerprint density at radius 3 is 2.00 bits per heavy atom. The van der Waals surface area contributed by atoms with Crippen molar-refractivity contribution in [2.45, 2.75) is 38.9 Å². The van der Waals surface area contributed by atoms with Crippen molar-refractivity contribution in [2.24, 2.45) is 11.5 Å². The molecule has 0 saturated carbocycles. The van der Waals surface area contributed by atoms with Crippen LogP contribution in [-0.2, 0) is 0 Å². The van der Waals surface area contributed by atoms with Crippen LogP contribution in [0.2, 0.25) is 0 Å². The van der Waals surface area contributed by atoms with Crippen LogP contribution in [-0.4, -0.2) is 37.8 Å². The number of hydrogen-bond acceptors (Lipinski definition) is 4. The lowest BCUT2D eigenvalue weighted by Crippen LogP contribution is -2.45. The first-order chi connectivity index (χ1) is 6.06. The summed E-state index contributed by atoms with van der Waals surface area (Å²) in [6.07, 6.45) is 0. The fourth-order valence-corrected chi connectivity index (χ4v) is 0.921. The van der Waals surface area contributed by atoms with Crippen molar-refractivity contribution in [3.8, 4) is 0 Å². The second kappa shape index (κ2) is 7.26. The van der Waals surface area contributed by atoms with Crippen LogP contribution in [0.1, 0.15) is 20.8 Å². The third-order valence-electron chi connectivity index (χ3n) is 1.91. The highest BCUT2D eigenvalue weighted by Gasteiger charge is 2.03. The first kappa shape index (κ1) is 12.8. The van der Waals surface area contributed by atoms with Gasteiger partial charge in [-0.3, -0.25) is 0 Å². The van der Waals surface area contributed by atoms with E-state index in [0.717, 1.165) is 13.1 Å². The van der Waals surface area contributed by atoms with Crippen LogP contribution in [0.3, 0.4) is 0 Å². The summed E-state index contributed by atoms with van der Waals surface area (Å²) in [7, 11) is 0. The molecule has 0 heterocycles. The number of hydrogen-bond donors (Lipinski definition) is 4. The summed E-state index contributed by atoms with van der Waals surface area (Å²) in [5.41, 5.74) is 11.1. The van der Waals surface area contributed by atoms with E-state index >= 15 is 0 Å².